The Kier molecular flexibility index (Phi) is 5.76. The van der Waals surface area contributed by atoms with Crippen molar-refractivity contribution in [1.82, 2.24) is 4.57 Å². The lowest BCUT2D eigenvalue weighted by molar-refractivity contribution is 0.0311. The summed E-state index contributed by atoms with van der Waals surface area (Å²) in [5.74, 6) is -0.519. The molecule has 20 heavy (non-hydrogen) atoms. The van der Waals surface area contributed by atoms with Crippen LogP contribution in [0.15, 0.2) is 17.2 Å². The van der Waals surface area contributed by atoms with Crippen LogP contribution in [-0.2, 0) is 21.3 Å². The van der Waals surface area contributed by atoms with Crippen molar-refractivity contribution in [2.45, 2.75) is 57.6 Å². The number of aryl methyl sites for hydroxylation is 1. The fraction of sp³-hybridized carbons (Fsp3) is 0.615. The topological polar surface area (TPSA) is 91.4 Å². The number of aromatic nitrogens is 1. The normalized spacial score (nSPS) is 13.2. The van der Waals surface area contributed by atoms with Crippen LogP contribution in [0.25, 0.3) is 0 Å². The third-order valence-electron chi connectivity index (χ3n) is 2.88. The number of nitrogens with zero attached hydrogens (tertiary/aromatic N) is 1. The van der Waals surface area contributed by atoms with Gasteiger partial charge in [-0.2, -0.15) is 0 Å². The quantitative estimate of drug-likeness (QED) is 0.779. The van der Waals surface area contributed by atoms with Crippen molar-refractivity contribution >= 4 is 16.0 Å². The van der Waals surface area contributed by atoms with Crippen LogP contribution < -0.4 is 5.14 Å². The van der Waals surface area contributed by atoms with E-state index in [1.165, 1.54) is 12.3 Å². The maximum absolute atomic E-state index is 12.1. The van der Waals surface area contributed by atoms with Gasteiger partial charge in [-0.05, 0) is 25.8 Å². The van der Waals surface area contributed by atoms with Crippen molar-refractivity contribution in [3.05, 3.63) is 18.0 Å². The van der Waals surface area contributed by atoms with Gasteiger partial charge in [-0.3, -0.25) is 0 Å². The van der Waals surface area contributed by atoms with Gasteiger partial charge in [0.05, 0.1) is 6.10 Å². The van der Waals surface area contributed by atoms with Gasteiger partial charge in [0.15, 0.2) is 0 Å². The Balaban J connectivity index is 3.03. The lowest BCUT2D eigenvalue weighted by Gasteiger charge is -2.13. The lowest BCUT2D eigenvalue weighted by atomic mass is 10.2. The largest absolute Gasteiger partial charge is 0.458 e. The number of carbonyl (C=O) groups is 1. The van der Waals surface area contributed by atoms with Gasteiger partial charge in [-0.15, -0.1) is 0 Å². The molecule has 0 amide bonds. The minimum absolute atomic E-state index is 0.0685. The number of ether oxygens (including phenoxy) is 1. The van der Waals surface area contributed by atoms with Crippen molar-refractivity contribution < 1.29 is 17.9 Å². The zero-order valence-electron chi connectivity index (χ0n) is 12.1. The third-order valence-corrected chi connectivity index (χ3v) is 3.76. The summed E-state index contributed by atoms with van der Waals surface area (Å²) in [6.45, 7) is 6.28. The minimum atomic E-state index is -3.82. The Hall–Kier alpha value is -1.34. The highest BCUT2D eigenvalue weighted by molar-refractivity contribution is 7.89. The third kappa shape index (κ3) is 4.35. The molecule has 0 radical (unpaired) electrons. The maximum Gasteiger partial charge on any atom is 0.355 e. The van der Waals surface area contributed by atoms with Crippen LogP contribution in [-0.4, -0.2) is 25.1 Å². The summed E-state index contributed by atoms with van der Waals surface area (Å²) in [7, 11) is -3.82. The van der Waals surface area contributed by atoms with E-state index in [0.717, 1.165) is 19.3 Å². The van der Waals surface area contributed by atoms with Crippen LogP contribution in [0.4, 0.5) is 0 Å². The molecule has 0 aliphatic rings. The zero-order valence-corrected chi connectivity index (χ0v) is 12.9. The van der Waals surface area contributed by atoms with E-state index in [2.05, 4.69) is 0 Å². The van der Waals surface area contributed by atoms with Crippen LogP contribution in [0.2, 0.25) is 0 Å². The summed E-state index contributed by atoms with van der Waals surface area (Å²) in [4.78, 5) is 12.0. The number of nitrogens with two attached hydrogens (primary N) is 1. The standard InChI is InChI=1S/C13H22N2O4S/c1-4-6-10(3)19-13(16)12-8-11(20(14,17)18)9-15(12)7-5-2/h8-10H,4-7H2,1-3H3,(H2,14,17,18). The van der Waals surface area contributed by atoms with Crippen LogP contribution in [0.3, 0.4) is 0 Å². The minimum Gasteiger partial charge on any atom is -0.458 e. The second-order valence-corrected chi connectivity index (χ2v) is 6.37. The van der Waals surface area contributed by atoms with E-state index in [0.29, 0.717) is 6.54 Å². The first-order chi connectivity index (χ1) is 9.29. The van der Waals surface area contributed by atoms with Crippen molar-refractivity contribution in [3.63, 3.8) is 0 Å². The van der Waals surface area contributed by atoms with Crippen LogP contribution in [0, 0.1) is 0 Å². The Morgan fingerprint density at radius 1 is 1.40 bits per heavy atom. The Morgan fingerprint density at radius 2 is 2.05 bits per heavy atom. The van der Waals surface area contributed by atoms with E-state index in [1.807, 2.05) is 20.8 Å². The smallest absolute Gasteiger partial charge is 0.355 e. The van der Waals surface area contributed by atoms with E-state index < -0.39 is 16.0 Å². The number of sulfonamides is 1. The molecule has 0 aliphatic heterocycles. The molecule has 1 atom stereocenters. The number of hydrogen-bond acceptors (Lipinski definition) is 4. The van der Waals surface area contributed by atoms with Gasteiger partial charge in [0.2, 0.25) is 10.0 Å². The molecule has 7 heteroatoms. The highest BCUT2D eigenvalue weighted by Crippen LogP contribution is 2.16. The molecule has 0 bridgehead atoms. The summed E-state index contributed by atoms with van der Waals surface area (Å²) < 4.78 is 29.6. The first kappa shape index (κ1) is 16.7. The molecule has 0 saturated heterocycles. The van der Waals surface area contributed by atoms with E-state index >= 15 is 0 Å². The number of esters is 1. The second kappa shape index (κ2) is 6.90. The van der Waals surface area contributed by atoms with Gasteiger partial charge >= 0.3 is 5.97 Å². The molecule has 1 unspecified atom stereocenters. The van der Waals surface area contributed by atoms with Gasteiger partial charge in [-0.1, -0.05) is 20.3 Å². The van der Waals surface area contributed by atoms with Gasteiger partial charge < -0.3 is 9.30 Å². The predicted octanol–water partition coefficient (Wildman–Crippen LogP) is 1.89. The van der Waals surface area contributed by atoms with Gasteiger partial charge in [0.25, 0.3) is 0 Å². The van der Waals surface area contributed by atoms with Crippen molar-refractivity contribution in [1.29, 1.82) is 0 Å². The first-order valence-electron chi connectivity index (χ1n) is 6.73. The molecule has 0 aromatic carbocycles. The molecule has 1 aromatic heterocycles. The summed E-state index contributed by atoms with van der Waals surface area (Å²) in [6, 6.07) is 1.27. The molecule has 0 saturated carbocycles. The van der Waals surface area contributed by atoms with Gasteiger partial charge in [-0.25, -0.2) is 18.4 Å². The van der Waals surface area contributed by atoms with Crippen LogP contribution in [0.1, 0.15) is 50.5 Å². The monoisotopic (exact) mass is 302 g/mol. The summed E-state index contributed by atoms with van der Waals surface area (Å²) in [5.41, 5.74) is 0.221. The fourth-order valence-electron chi connectivity index (χ4n) is 1.94. The Labute approximate surface area is 120 Å². The SMILES string of the molecule is CCCC(C)OC(=O)c1cc(S(N)(=O)=O)cn1CCC. The van der Waals surface area contributed by atoms with Crippen molar-refractivity contribution in [3.8, 4) is 0 Å². The fourth-order valence-corrected chi connectivity index (χ4v) is 2.49. The van der Waals surface area contributed by atoms with E-state index in [1.54, 1.807) is 4.57 Å². The highest BCUT2D eigenvalue weighted by Gasteiger charge is 2.21. The Bertz CT molecular complexity index is 563. The van der Waals surface area contributed by atoms with Gasteiger partial charge in [0, 0.05) is 12.7 Å². The molecule has 0 fully saturated rings. The average molecular weight is 302 g/mol. The van der Waals surface area contributed by atoms with E-state index in [-0.39, 0.29) is 16.7 Å². The molecule has 114 valence electrons. The van der Waals surface area contributed by atoms with Crippen LogP contribution in [0.5, 0.6) is 0 Å². The van der Waals surface area contributed by atoms with Crippen molar-refractivity contribution in [2.75, 3.05) is 0 Å². The maximum atomic E-state index is 12.1. The molecular formula is C13H22N2O4S. The second-order valence-electron chi connectivity index (χ2n) is 4.80. The zero-order chi connectivity index (χ0) is 15.3. The molecule has 6 nitrogen and oxygen atoms in total. The number of hydrogen-bond donors (Lipinski definition) is 1. The summed E-state index contributed by atoms with van der Waals surface area (Å²) >= 11 is 0. The molecule has 0 aliphatic carbocycles. The van der Waals surface area contributed by atoms with Gasteiger partial charge in [0.1, 0.15) is 10.6 Å². The summed E-state index contributed by atoms with van der Waals surface area (Å²) in [5, 5.41) is 5.09. The molecule has 0 spiro atoms. The predicted molar refractivity (Wildman–Crippen MR) is 75.9 cm³/mol. The number of rotatable bonds is 7. The average Bonchev–Trinajstić information content (AvgIpc) is 2.73. The van der Waals surface area contributed by atoms with Crippen LogP contribution >= 0.6 is 0 Å². The molecule has 1 aromatic rings. The molecule has 1 rings (SSSR count). The number of primary sulfonamides is 1. The lowest BCUT2D eigenvalue weighted by Crippen LogP contribution is -2.17. The molecule has 2 N–H and O–H groups in total. The molecular weight excluding hydrogens is 280 g/mol. The summed E-state index contributed by atoms with van der Waals surface area (Å²) in [6.07, 6.45) is 3.62. The Morgan fingerprint density at radius 3 is 2.55 bits per heavy atom. The number of carbonyl (C=O) groups excluding carboxylic acids is 1. The van der Waals surface area contributed by atoms with E-state index in [4.69, 9.17) is 9.88 Å². The van der Waals surface area contributed by atoms with E-state index in [9.17, 15) is 13.2 Å². The highest BCUT2D eigenvalue weighted by atomic mass is 32.2. The van der Waals surface area contributed by atoms with Crippen molar-refractivity contribution in [2.24, 2.45) is 5.14 Å². The molecule has 1 heterocycles. The first-order valence-corrected chi connectivity index (χ1v) is 8.28.